The fraction of sp³-hybridized carbons (Fsp3) is 0.364. The van der Waals surface area contributed by atoms with Crippen LogP contribution in [-0.2, 0) is 0 Å². The van der Waals surface area contributed by atoms with Crippen LogP contribution in [0.4, 0.5) is 0 Å². The highest BCUT2D eigenvalue weighted by atomic mass is 35.5. The summed E-state index contributed by atoms with van der Waals surface area (Å²) in [7, 11) is 0. The van der Waals surface area contributed by atoms with E-state index in [1.807, 2.05) is 13.0 Å². The van der Waals surface area contributed by atoms with E-state index in [0.29, 0.717) is 10.6 Å². The number of aliphatic hydroxyl groups is 1. The minimum absolute atomic E-state index is 0.178. The molecule has 1 N–H and O–H groups in total. The van der Waals surface area contributed by atoms with Crippen LogP contribution in [0.15, 0.2) is 23.1 Å². The molecule has 0 fully saturated rings. The molecule has 1 unspecified atom stereocenters. The molecular weight excluding hydrogens is 232 g/mol. The van der Waals surface area contributed by atoms with E-state index in [-0.39, 0.29) is 12.5 Å². The number of rotatable bonds is 5. The summed E-state index contributed by atoms with van der Waals surface area (Å²) in [6.45, 7) is 2.15. The summed E-state index contributed by atoms with van der Waals surface area (Å²) in [4.78, 5) is 11.4. The number of halogens is 1. The summed E-state index contributed by atoms with van der Waals surface area (Å²) < 4.78 is 0. The smallest absolute Gasteiger partial charge is 0.150 e. The molecule has 0 aromatic heterocycles. The molecule has 1 aromatic rings. The molecule has 82 valence electrons. The Morgan fingerprint density at radius 2 is 2.33 bits per heavy atom. The van der Waals surface area contributed by atoms with Crippen molar-refractivity contribution in [1.82, 2.24) is 0 Å². The lowest BCUT2D eigenvalue weighted by Gasteiger charge is -2.08. The monoisotopic (exact) mass is 244 g/mol. The molecule has 0 spiro atoms. The fourth-order valence-electron chi connectivity index (χ4n) is 0.992. The molecular formula is C11H13ClO2S. The maximum Gasteiger partial charge on any atom is 0.150 e. The standard InChI is InChI=1S/C11H13ClO2S/c1-8(5-13)7-15-11-3-2-9(6-14)4-10(11)12/h2-4,6,8,13H,5,7H2,1H3. The van der Waals surface area contributed by atoms with Gasteiger partial charge in [-0.05, 0) is 18.1 Å². The van der Waals surface area contributed by atoms with Gasteiger partial charge in [-0.15, -0.1) is 11.8 Å². The Balaban J connectivity index is 2.65. The summed E-state index contributed by atoms with van der Waals surface area (Å²) >= 11 is 7.58. The number of carbonyl (C=O) groups excluding carboxylic acids is 1. The second-order valence-electron chi connectivity index (χ2n) is 3.41. The van der Waals surface area contributed by atoms with Gasteiger partial charge >= 0.3 is 0 Å². The molecule has 1 atom stereocenters. The van der Waals surface area contributed by atoms with Crippen molar-refractivity contribution in [3.63, 3.8) is 0 Å². The topological polar surface area (TPSA) is 37.3 Å². The third-order valence-corrected chi connectivity index (χ3v) is 3.75. The van der Waals surface area contributed by atoms with E-state index in [4.69, 9.17) is 16.7 Å². The number of aliphatic hydroxyl groups excluding tert-OH is 1. The van der Waals surface area contributed by atoms with Crippen LogP contribution in [-0.4, -0.2) is 23.8 Å². The SMILES string of the molecule is CC(CO)CSc1ccc(C=O)cc1Cl. The van der Waals surface area contributed by atoms with E-state index in [1.165, 1.54) is 0 Å². The maximum atomic E-state index is 10.5. The fourth-order valence-corrected chi connectivity index (χ4v) is 2.28. The molecule has 4 heteroatoms. The van der Waals surface area contributed by atoms with Crippen molar-refractivity contribution >= 4 is 29.6 Å². The quantitative estimate of drug-likeness (QED) is 0.639. The highest BCUT2D eigenvalue weighted by Crippen LogP contribution is 2.28. The molecule has 1 rings (SSSR count). The average Bonchev–Trinajstić information content (AvgIpc) is 2.26. The Labute approximate surface area is 98.6 Å². The van der Waals surface area contributed by atoms with E-state index < -0.39 is 0 Å². The van der Waals surface area contributed by atoms with Crippen LogP contribution in [0.25, 0.3) is 0 Å². The minimum Gasteiger partial charge on any atom is -0.396 e. The zero-order chi connectivity index (χ0) is 11.3. The Hall–Kier alpha value is -0.510. The zero-order valence-corrected chi connectivity index (χ0v) is 10.0. The van der Waals surface area contributed by atoms with Gasteiger partial charge in [-0.1, -0.05) is 24.6 Å². The number of hydrogen-bond acceptors (Lipinski definition) is 3. The summed E-state index contributed by atoms with van der Waals surface area (Å²) in [5.74, 6) is 1.06. The minimum atomic E-state index is 0.178. The Morgan fingerprint density at radius 3 is 2.87 bits per heavy atom. The van der Waals surface area contributed by atoms with Crippen molar-refractivity contribution in [2.75, 3.05) is 12.4 Å². The number of carbonyl (C=O) groups is 1. The van der Waals surface area contributed by atoms with E-state index in [2.05, 4.69) is 0 Å². The van der Waals surface area contributed by atoms with Crippen molar-refractivity contribution in [3.8, 4) is 0 Å². The number of hydrogen-bond donors (Lipinski definition) is 1. The van der Waals surface area contributed by atoms with Gasteiger partial charge in [0.1, 0.15) is 6.29 Å². The molecule has 0 heterocycles. The molecule has 0 saturated heterocycles. The Bertz CT molecular complexity index is 341. The molecule has 0 aliphatic carbocycles. The van der Waals surface area contributed by atoms with Gasteiger partial charge in [0.15, 0.2) is 0 Å². The van der Waals surface area contributed by atoms with Gasteiger partial charge in [0.05, 0.1) is 5.02 Å². The Morgan fingerprint density at radius 1 is 1.60 bits per heavy atom. The highest BCUT2D eigenvalue weighted by Gasteiger charge is 2.05. The zero-order valence-electron chi connectivity index (χ0n) is 8.44. The van der Waals surface area contributed by atoms with Crippen molar-refractivity contribution in [1.29, 1.82) is 0 Å². The summed E-state index contributed by atoms with van der Waals surface area (Å²) in [5.41, 5.74) is 0.583. The lowest BCUT2D eigenvalue weighted by atomic mass is 10.2. The van der Waals surface area contributed by atoms with E-state index >= 15 is 0 Å². The van der Waals surface area contributed by atoms with Gasteiger partial charge in [-0.25, -0.2) is 0 Å². The van der Waals surface area contributed by atoms with Gasteiger partial charge in [0.2, 0.25) is 0 Å². The van der Waals surface area contributed by atoms with Crippen LogP contribution in [0.2, 0.25) is 5.02 Å². The first-order valence-corrected chi connectivity index (χ1v) is 6.02. The number of benzene rings is 1. The van der Waals surface area contributed by atoms with Gasteiger partial charge in [0.25, 0.3) is 0 Å². The third-order valence-electron chi connectivity index (χ3n) is 1.93. The normalized spacial score (nSPS) is 12.5. The van der Waals surface area contributed by atoms with Crippen LogP contribution >= 0.6 is 23.4 Å². The average molecular weight is 245 g/mol. The van der Waals surface area contributed by atoms with E-state index in [1.54, 1.807) is 23.9 Å². The largest absolute Gasteiger partial charge is 0.396 e. The molecule has 0 amide bonds. The third kappa shape index (κ3) is 3.86. The molecule has 0 aliphatic rings. The van der Waals surface area contributed by atoms with Gasteiger partial charge in [-0.2, -0.15) is 0 Å². The van der Waals surface area contributed by atoms with Crippen LogP contribution in [0.3, 0.4) is 0 Å². The first-order valence-electron chi connectivity index (χ1n) is 4.65. The summed E-state index contributed by atoms with van der Waals surface area (Å²) in [6.07, 6.45) is 0.774. The first kappa shape index (κ1) is 12.6. The van der Waals surface area contributed by atoms with Gasteiger partial charge < -0.3 is 5.11 Å². The van der Waals surface area contributed by atoms with Crippen molar-refractivity contribution < 1.29 is 9.90 Å². The molecule has 0 radical (unpaired) electrons. The van der Waals surface area contributed by atoms with Crippen LogP contribution < -0.4 is 0 Å². The lowest BCUT2D eigenvalue weighted by Crippen LogP contribution is -2.03. The summed E-state index contributed by atoms with van der Waals surface area (Å²) in [5, 5.41) is 9.46. The first-order chi connectivity index (χ1) is 7.17. The van der Waals surface area contributed by atoms with E-state index in [9.17, 15) is 4.79 Å². The maximum absolute atomic E-state index is 10.5. The molecule has 0 bridgehead atoms. The number of aldehydes is 1. The molecule has 1 aromatic carbocycles. The van der Waals surface area contributed by atoms with Crippen molar-refractivity contribution in [2.45, 2.75) is 11.8 Å². The predicted molar refractivity (Wildman–Crippen MR) is 63.8 cm³/mol. The van der Waals surface area contributed by atoms with Crippen LogP contribution in [0.1, 0.15) is 17.3 Å². The van der Waals surface area contributed by atoms with Gasteiger partial charge in [0, 0.05) is 22.8 Å². The van der Waals surface area contributed by atoms with Crippen LogP contribution in [0, 0.1) is 5.92 Å². The lowest BCUT2D eigenvalue weighted by molar-refractivity contribution is 0.112. The van der Waals surface area contributed by atoms with Crippen molar-refractivity contribution in [2.24, 2.45) is 5.92 Å². The second-order valence-corrected chi connectivity index (χ2v) is 4.88. The Kier molecular flexibility index (Phi) is 5.15. The van der Waals surface area contributed by atoms with Gasteiger partial charge in [-0.3, -0.25) is 4.79 Å². The summed E-state index contributed by atoms with van der Waals surface area (Å²) in [6, 6.07) is 5.23. The molecule has 15 heavy (non-hydrogen) atoms. The molecule has 0 aliphatic heterocycles. The second kappa shape index (κ2) is 6.16. The highest BCUT2D eigenvalue weighted by molar-refractivity contribution is 7.99. The molecule has 0 saturated carbocycles. The predicted octanol–water partition coefficient (Wildman–Crippen LogP) is 2.87. The molecule has 2 nitrogen and oxygen atoms in total. The van der Waals surface area contributed by atoms with Crippen LogP contribution in [0.5, 0.6) is 0 Å². The van der Waals surface area contributed by atoms with E-state index in [0.717, 1.165) is 16.9 Å². The van der Waals surface area contributed by atoms with Crippen molar-refractivity contribution in [3.05, 3.63) is 28.8 Å². The number of thioether (sulfide) groups is 1.